The van der Waals surface area contributed by atoms with Gasteiger partial charge in [-0.1, -0.05) is 24.3 Å². The SMILES string of the molecule is Nc1cc(-c2nc3c([nH]2)-c2ccc(cc2)Nc2ccc-3cc2)cc(C(F)(F)F)c1. The van der Waals surface area contributed by atoms with Crippen LogP contribution in [0, 0.1) is 0 Å². The van der Waals surface area contributed by atoms with E-state index in [1.807, 2.05) is 48.5 Å². The van der Waals surface area contributed by atoms with Gasteiger partial charge in [-0.2, -0.15) is 13.2 Å². The molecular weight excluding hydrogens is 377 g/mol. The molecule has 8 rings (SSSR count). The number of hydrogen-bond acceptors (Lipinski definition) is 3. The highest BCUT2D eigenvalue weighted by molar-refractivity contribution is 5.83. The van der Waals surface area contributed by atoms with Crippen LogP contribution in [0.1, 0.15) is 5.56 Å². The van der Waals surface area contributed by atoms with Gasteiger partial charge in [0.15, 0.2) is 0 Å². The number of rotatable bonds is 1. The second-order valence-electron chi connectivity index (χ2n) is 6.93. The first-order valence-corrected chi connectivity index (χ1v) is 8.93. The molecule has 0 spiro atoms. The molecule has 4 bridgehead atoms. The fourth-order valence-corrected chi connectivity index (χ4v) is 3.48. The zero-order chi connectivity index (χ0) is 20.2. The van der Waals surface area contributed by atoms with Crippen LogP contribution in [0.5, 0.6) is 0 Å². The summed E-state index contributed by atoms with van der Waals surface area (Å²) in [6.07, 6.45) is -4.49. The molecule has 0 atom stereocenters. The summed E-state index contributed by atoms with van der Waals surface area (Å²) < 4.78 is 39.7. The summed E-state index contributed by atoms with van der Waals surface area (Å²) in [4.78, 5) is 7.84. The third kappa shape index (κ3) is 3.10. The van der Waals surface area contributed by atoms with Crippen LogP contribution in [0.15, 0.2) is 66.7 Å². The molecule has 5 heterocycles. The van der Waals surface area contributed by atoms with E-state index in [0.29, 0.717) is 11.5 Å². The molecule has 0 saturated carbocycles. The first-order chi connectivity index (χ1) is 13.9. The largest absolute Gasteiger partial charge is 0.416 e. The lowest BCUT2D eigenvalue weighted by Crippen LogP contribution is -2.06. The van der Waals surface area contributed by atoms with Crippen molar-refractivity contribution in [3.05, 3.63) is 72.3 Å². The number of nitrogens with two attached hydrogens (primary N) is 1. The maximum absolute atomic E-state index is 13.2. The van der Waals surface area contributed by atoms with E-state index >= 15 is 0 Å². The minimum atomic E-state index is -4.49. The summed E-state index contributed by atoms with van der Waals surface area (Å²) in [5.41, 5.74) is 10.3. The second kappa shape index (κ2) is 6.13. The number of nitrogen functional groups attached to an aromatic ring is 1. The summed E-state index contributed by atoms with van der Waals surface area (Å²) in [6.45, 7) is 0. The Balaban J connectivity index is 1.73. The number of alkyl halides is 3. The van der Waals surface area contributed by atoms with Crippen molar-refractivity contribution in [3.8, 4) is 33.9 Å². The normalized spacial score (nSPS) is 12.4. The smallest absolute Gasteiger partial charge is 0.399 e. The highest BCUT2D eigenvalue weighted by atomic mass is 19.4. The summed E-state index contributed by atoms with van der Waals surface area (Å²) in [6, 6.07) is 19.0. The number of nitrogens with zero attached hydrogens (tertiary/aromatic N) is 1. The van der Waals surface area contributed by atoms with Gasteiger partial charge >= 0.3 is 6.18 Å². The van der Waals surface area contributed by atoms with Crippen molar-refractivity contribution in [1.29, 1.82) is 0 Å². The van der Waals surface area contributed by atoms with Gasteiger partial charge in [0.2, 0.25) is 0 Å². The van der Waals surface area contributed by atoms with Crippen LogP contribution in [0.4, 0.5) is 30.2 Å². The van der Waals surface area contributed by atoms with E-state index in [-0.39, 0.29) is 11.3 Å². The highest BCUT2D eigenvalue weighted by Crippen LogP contribution is 2.38. The predicted octanol–water partition coefficient (Wildman–Crippen LogP) is 6.07. The van der Waals surface area contributed by atoms with E-state index in [1.165, 1.54) is 6.07 Å². The van der Waals surface area contributed by atoms with Crippen molar-refractivity contribution in [3.63, 3.8) is 0 Å². The van der Waals surface area contributed by atoms with E-state index in [2.05, 4.69) is 15.3 Å². The Labute approximate surface area is 164 Å². The number of halogens is 3. The average molecular weight is 392 g/mol. The van der Waals surface area contributed by atoms with Crippen LogP contribution in [0.2, 0.25) is 0 Å². The molecule has 0 radical (unpaired) electrons. The van der Waals surface area contributed by atoms with Crippen molar-refractivity contribution < 1.29 is 13.2 Å². The minimum Gasteiger partial charge on any atom is -0.399 e. The Morgan fingerprint density at radius 1 is 0.759 bits per heavy atom. The maximum atomic E-state index is 13.2. The zero-order valence-corrected chi connectivity index (χ0v) is 15.0. The number of hydrogen-bond donors (Lipinski definition) is 3. The fraction of sp³-hybridized carbons (Fsp3) is 0.0455. The van der Waals surface area contributed by atoms with E-state index < -0.39 is 11.7 Å². The monoisotopic (exact) mass is 392 g/mol. The molecule has 7 heteroatoms. The summed E-state index contributed by atoms with van der Waals surface area (Å²) >= 11 is 0. The molecule has 4 N–H and O–H groups in total. The molecule has 4 aliphatic heterocycles. The van der Waals surface area contributed by atoms with Gasteiger partial charge in [-0.3, -0.25) is 0 Å². The quantitative estimate of drug-likeness (QED) is 0.303. The molecule has 4 nitrogen and oxygen atoms in total. The lowest BCUT2D eigenvalue weighted by molar-refractivity contribution is -0.137. The Morgan fingerprint density at radius 2 is 1.38 bits per heavy atom. The molecule has 29 heavy (non-hydrogen) atoms. The van der Waals surface area contributed by atoms with Gasteiger partial charge < -0.3 is 16.0 Å². The Kier molecular flexibility index (Phi) is 3.67. The van der Waals surface area contributed by atoms with Gasteiger partial charge in [0.05, 0.1) is 17.0 Å². The lowest BCUT2D eigenvalue weighted by atomic mass is 10.1. The van der Waals surface area contributed by atoms with E-state index in [1.54, 1.807) is 0 Å². The van der Waals surface area contributed by atoms with Crippen molar-refractivity contribution in [2.24, 2.45) is 0 Å². The first kappa shape index (κ1) is 17.4. The standard InChI is InChI=1S/C22H15F3N4/c23-22(24,25)15-9-14(10-16(26)11-15)21-28-19-12-1-5-17(6-2-12)27-18-7-3-13(4-8-18)20(19)29-21/h1-11,27H,26H2,(H,28,29). The third-order valence-electron chi connectivity index (χ3n) is 4.88. The van der Waals surface area contributed by atoms with Crippen LogP contribution < -0.4 is 11.1 Å². The molecular formula is C22H15F3N4. The van der Waals surface area contributed by atoms with Crippen molar-refractivity contribution in [1.82, 2.24) is 9.97 Å². The fourth-order valence-electron chi connectivity index (χ4n) is 3.48. The number of anilines is 3. The third-order valence-corrected chi connectivity index (χ3v) is 4.88. The van der Waals surface area contributed by atoms with Crippen LogP contribution in [0.3, 0.4) is 0 Å². The number of imidazole rings is 1. The molecule has 0 unspecified atom stereocenters. The lowest BCUT2D eigenvalue weighted by Gasteiger charge is -2.09. The van der Waals surface area contributed by atoms with Gasteiger partial charge in [0, 0.05) is 33.8 Å². The molecule has 0 saturated heterocycles. The van der Waals surface area contributed by atoms with Gasteiger partial charge in [-0.05, 0) is 42.5 Å². The summed E-state index contributed by atoms with van der Waals surface area (Å²) in [5, 5.41) is 3.32. The van der Waals surface area contributed by atoms with Crippen LogP contribution in [-0.2, 0) is 6.18 Å². The van der Waals surface area contributed by atoms with Gasteiger partial charge in [-0.15, -0.1) is 0 Å². The zero-order valence-electron chi connectivity index (χ0n) is 15.0. The number of aromatic amines is 1. The Morgan fingerprint density at radius 3 is 2.00 bits per heavy atom. The van der Waals surface area contributed by atoms with E-state index in [0.717, 1.165) is 40.3 Å². The molecule has 144 valence electrons. The summed E-state index contributed by atoms with van der Waals surface area (Å²) in [7, 11) is 0. The van der Waals surface area contributed by atoms with Crippen LogP contribution in [-0.4, -0.2) is 9.97 Å². The van der Waals surface area contributed by atoms with E-state index in [4.69, 9.17) is 5.73 Å². The van der Waals surface area contributed by atoms with Gasteiger partial charge in [0.1, 0.15) is 5.82 Å². The molecule has 0 aliphatic carbocycles. The number of aromatic nitrogens is 2. The maximum Gasteiger partial charge on any atom is 0.416 e. The van der Waals surface area contributed by atoms with Crippen LogP contribution in [0.25, 0.3) is 33.9 Å². The van der Waals surface area contributed by atoms with E-state index in [9.17, 15) is 13.2 Å². The Hall–Kier alpha value is -3.74. The molecule has 0 fully saturated rings. The van der Waals surface area contributed by atoms with Crippen molar-refractivity contribution in [2.45, 2.75) is 6.18 Å². The average Bonchev–Trinajstić information content (AvgIpc) is 3.11. The topological polar surface area (TPSA) is 66.7 Å². The first-order valence-electron chi connectivity index (χ1n) is 8.93. The van der Waals surface area contributed by atoms with Gasteiger partial charge in [-0.25, -0.2) is 4.98 Å². The highest BCUT2D eigenvalue weighted by Gasteiger charge is 2.31. The molecule has 3 aromatic carbocycles. The minimum absolute atomic E-state index is 0.0310. The van der Waals surface area contributed by atoms with Crippen LogP contribution >= 0.6 is 0 Å². The molecule has 4 aromatic rings. The van der Waals surface area contributed by atoms with Crippen molar-refractivity contribution >= 4 is 17.1 Å². The number of benzene rings is 3. The summed E-state index contributed by atoms with van der Waals surface area (Å²) in [5.74, 6) is 0.330. The second-order valence-corrected chi connectivity index (χ2v) is 6.93. The van der Waals surface area contributed by atoms with Gasteiger partial charge in [0.25, 0.3) is 0 Å². The number of nitrogens with one attached hydrogen (secondary N) is 2. The predicted molar refractivity (Wildman–Crippen MR) is 108 cm³/mol. The molecule has 0 amide bonds. The Bertz CT molecular complexity index is 1140. The van der Waals surface area contributed by atoms with Crippen molar-refractivity contribution in [2.75, 3.05) is 11.1 Å². The molecule has 1 aromatic heterocycles. The number of H-pyrrole nitrogens is 1. The molecule has 4 aliphatic rings.